The molecule has 38 heavy (non-hydrogen) atoms. The minimum atomic E-state index is -1.58. The monoisotopic (exact) mass is 548 g/mol. The Labute approximate surface area is 228 Å². The molecule has 224 valence electrons. The van der Waals surface area contributed by atoms with Gasteiger partial charge in [-0.2, -0.15) is 0 Å². The predicted molar refractivity (Wildman–Crippen MR) is 141 cm³/mol. The van der Waals surface area contributed by atoms with Crippen LogP contribution in [0.3, 0.4) is 0 Å². The Morgan fingerprint density at radius 1 is 0.711 bits per heavy atom. The normalized spacial score (nSPS) is 24.2. The third-order valence-electron chi connectivity index (χ3n) is 6.71. The molecule has 10 heteroatoms. The number of aliphatic hydroxyl groups excluding tert-OH is 4. The van der Waals surface area contributed by atoms with E-state index in [1.807, 2.05) is 6.92 Å². The van der Waals surface area contributed by atoms with E-state index in [0.717, 1.165) is 19.3 Å². The molecule has 0 radical (unpaired) electrons. The van der Waals surface area contributed by atoms with Gasteiger partial charge in [0.2, 0.25) is 0 Å². The summed E-state index contributed by atoms with van der Waals surface area (Å²) in [6.45, 7) is 2.99. The molecule has 0 aromatic heterocycles. The van der Waals surface area contributed by atoms with Crippen molar-refractivity contribution in [3.8, 4) is 0 Å². The second-order valence-corrected chi connectivity index (χ2v) is 10.2. The molecule has 0 aliphatic carbocycles. The highest BCUT2D eigenvalue weighted by Crippen LogP contribution is 2.22. The summed E-state index contributed by atoms with van der Waals surface area (Å²) in [4.78, 5) is 24.2. The zero-order valence-corrected chi connectivity index (χ0v) is 23.4. The van der Waals surface area contributed by atoms with Crippen molar-refractivity contribution in [2.45, 2.75) is 147 Å². The molecule has 4 N–H and O–H groups in total. The quantitative estimate of drug-likeness (QED) is 0.117. The van der Waals surface area contributed by atoms with E-state index in [1.54, 1.807) is 0 Å². The lowest BCUT2D eigenvalue weighted by molar-refractivity contribution is -0.305. The van der Waals surface area contributed by atoms with Gasteiger partial charge in [0.1, 0.15) is 31.0 Å². The predicted octanol–water partition coefficient (Wildman–Crippen LogP) is 3.15. The molecule has 0 bridgehead atoms. The van der Waals surface area contributed by atoms with Crippen molar-refractivity contribution in [1.29, 1.82) is 0 Å². The van der Waals surface area contributed by atoms with Crippen molar-refractivity contribution in [2.24, 2.45) is 0 Å². The standard InChI is InChI=1S/C28H52O10/c1-3-5-6-7-8-9-10-11-12-13-14-15-17-24(31)37-21(19-35-23(30)16-4-2)20-36-28-27(34)26(33)25(32)22(18-29)38-28/h21-22,25-29,32-34H,3-20H2,1-2H3/t21-,22-,25+,26+,27-,28-/m1/s1. The highest BCUT2D eigenvalue weighted by molar-refractivity contribution is 5.70. The fraction of sp³-hybridized carbons (Fsp3) is 0.929. The zero-order chi connectivity index (χ0) is 28.2. The Morgan fingerprint density at radius 2 is 1.29 bits per heavy atom. The maximum atomic E-state index is 12.4. The second kappa shape index (κ2) is 21.5. The zero-order valence-electron chi connectivity index (χ0n) is 23.4. The topological polar surface area (TPSA) is 152 Å². The smallest absolute Gasteiger partial charge is 0.306 e. The van der Waals surface area contributed by atoms with E-state index in [4.69, 9.17) is 18.9 Å². The number of carbonyl (C=O) groups excluding carboxylic acids is 2. The van der Waals surface area contributed by atoms with Crippen LogP contribution in [0.4, 0.5) is 0 Å². The van der Waals surface area contributed by atoms with Crippen LogP contribution in [0.25, 0.3) is 0 Å². The van der Waals surface area contributed by atoms with Crippen molar-refractivity contribution in [1.82, 2.24) is 0 Å². The molecular formula is C28H52O10. The third-order valence-corrected chi connectivity index (χ3v) is 6.71. The Hall–Kier alpha value is -1.30. The molecule has 10 nitrogen and oxygen atoms in total. The summed E-state index contributed by atoms with van der Waals surface area (Å²) in [5, 5.41) is 39.3. The van der Waals surface area contributed by atoms with Crippen LogP contribution in [0, 0.1) is 0 Å². The van der Waals surface area contributed by atoms with Gasteiger partial charge in [-0.25, -0.2) is 0 Å². The average molecular weight is 549 g/mol. The first-order valence-corrected chi connectivity index (χ1v) is 14.6. The lowest BCUT2D eigenvalue weighted by Gasteiger charge is -2.39. The number of rotatable bonds is 22. The van der Waals surface area contributed by atoms with Crippen LogP contribution in [-0.2, 0) is 28.5 Å². The summed E-state index contributed by atoms with van der Waals surface area (Å²) in [6.07, 6.45) is 7.24. The number of unbranched alkanes of at least 4 members (excludes halogenated alkanes) is 11. The Morgan fingerprint density at radius 3 is 1.84 bits per heavy atom. The number of esters is 2. The minimum absolute atomic E-state index is 0.222. The molecule has 0 spiro atoms. The van der Waals surface area contributed by atoms with E-state index >= 15 is 0 Å². The highest BCUT2D eigenvalue weighted by Gasteiger charge is 2.44. The van der Waals surface area contributed by atoms with Gasteiger partial charge >= 0.3 is 11.9 Å². The number of carbonyl (C=O) groups is 2. The van der Waals surface area contributed by atoms with Gasteiger partial charge in [0.05, 0.1) is 13.2 Å². The van der Waals surface area contributed by atoms with Gasteiger partial charge in [0.15, 0.2) is 12.4 Å². The van der Waals surface area contributed by atoms with E-state index in [0.29, 0.717) is 12.8 Å². The highest BCUT2D eigenvalue weighted by atomic mass is 16.7. The number of aliphatic hydroxyl groups is 4. The molecule has 1 saturated heterocycles. The molecule has 1 heterocycles. The second-order valence-electron chi connectivity index (χ2n) is 10.2. The molecule has 1 aliphatic heterocycles. The van der Waals surface area contributed by atoms with Crippen LogP contribution in [0.1, 0.15) is 110 Å². The summed E-state index contributed by atoms with van der Waals surface area (Å²) >= 11 is 0. The molecule has 0 aromatic carbocycles. The van der Waals surface area contributed by atoms with Crippen LogP contribution < -0.4 is 0 Å². The molecule has 0 saturated carbocycles. The van der Waals surface area contributed by atoms with E-state index in [-0.39, 0.29) is 26.1 Å². The first-order chi connectivity index (χ1) is 18.3. The molecule has 0 aromatic rings. The van der Waals surface area contributed by atoms with Gasteiger partial charge in [-0.05, 0) is 12.8 Å². The summed E-state index contributed by atoms with van der Waals surface area (Å²) in [5.41, 5.74) is 0. The molecule has 1 fully saturated rings. The van der Waals surface area contributed by atoms with Crippen molar-refractivity contribution >= 4 is 11.9 Å². The van der Waals surface area contributed by atoms with Crippen molar-refractivity contribution in [3.05, 3.63) is 0 Å². The van der Waals surface area contributed by atoms with Crippen LogP contribution in [0.15, 0.2) is 0 Å². The summed E-state index contributed by atoms with van der Waals surface area (Å²) in [7, 11) is 0. The molecule has 0 amide bonds. The fourth-order valence-corrected chi connectivity index (χ4v) is 4.34. The van der Waals surface area contributed by atoms with Gasteiger partial charge < -0.3 is 39.4 Å². The van der Waals surface area contributed by atoms with E-state index in [2.05, 4.69) is 6.92 Å². The Kier molecular flexibility index (Phi) is 19.7. The van der Waals surface area contributed by atoms with Crippen molar-refractivity contribution < 1.29 is 49.0 Å². The SMILES string of the molecule is CCCCCCCCCCCCCCC(=O)O[C@H](COC(=O)CCC)CO[C@@H]1O[C@H](CO)[C@H](O)[C@H](O)[C@H]1O. The van der Waals surface area contributed by atoms with Crippen molar-refractivity contribution in [2.75, 3.05) is 19.8 Å². The molecule has 0 unspecified atom stereocenters. The first kappa shape index (κ1) is 34.7. The van der Waals surface area contributed by atoms with E-state index in [1.165, 1.54) is 51.4 Å². The van der Waals surface area contributed by atoms with Crippen LogP contribution in [0.5, 0.6) is 0 Å². The van der Waals surface area contributed by atoms with Crippen LogP contribution >= 0.6 is 0 Å². The molecule has 6 atom stereocenters. The minimum Gasteiger partial charge on any atom is -0.462 e. The number of hydrogen-bond acceptors (Lipinski definition) is 10. The fourth-order valence-electron chi connectivity index (χ4n) is 4.34. The lowest BCUT2D eigenvalue weighted by atomic mass is 9.99. The molecule has 1 rings (SSSR count). The average Bonchev–Trinajstić information content (AvgIpc) is 2.90. The molecular weight excluding hydrogens is 496 g/mol. The van der Waals surface area contributed by atoms with Crippen LogP contribution in [0.2, 0.25) is 0 Å². The maximum Gasteiger partial charge on any atom is 0.306 e. The van der Waals surface area contributed by atoms with Gasteiger partial charge in [-0.1, -0.05) is 84.5 Å². The summed E-state index contributed by atoms with van der Waals surface area (Å²) in [5.74, 6) is -0.867. The Balaban J connectivity index is 2.36. The van der Waals surface area contributed by atoms with Gasteiger partial charge in [0, 0.05) is 12.8 Å². The lowest BCUT2D eigenvalue weighted by Crippen LogP contribution is -2.59. The van der Waals surface area contributed by atoms with E-state index in [9.17, 15) is 30.0 Å². The maximum absolute atomic E-state index is 12.4. The van der Waals surface area contributed by atoms with Gasteiger partial charge in [-0.15, -0.1) is 0 Å². The summed E-state index contributed by atoms with van der Waals surface area (Å²) < 4.78 is 21.5. The number of ether oxygens (including phenoxy) is 4. The van der Waals surface area contributed by atoms with Gasteiger partial charge in [0.25, 0.3) is 0 Å². The number of hydrogen-bond donors (Lipinski definition) is 4. The van der Waals surface area contributed by atoms with Crippen molar-refractivity contribution in [3.63, 3.8) is 0 Å². The third kappa shape index (κ3) is 14.7. The van der Waals surface area contributed by atoms with Gasteiger partial charge in [-0.3, -0.25) is 9.59 Å². The molecule has 1 aliphatic rings. The van der Waals surface area contributed by atoms with E-state index < -0.39 is 55.4 Å². The first-order valence-electron chi connectivity index (χ1n) is 14.6. The van der Waals surface area contributed by atoms with Crippen LogP contribution in [-0.4, -0.2) is 89.0 Å². The largest absolute Gasteiger partial charge is 0.462 e. The Bertz CT molecular complexity index is 614. The summed E-state index contributed by atoms with van der Waals surface area (Å²) in [6, 6.07) is 0.